The number of rotatable bonds is 7. The van der Waals surface area contributed by atoms with Crippen molar-refractivity contribution in [3.63, 3.8) is 0 Å². The van der Waals surface area contributed by atoms with Gasteiger partial charge in [0, 0.05) is 38.4 Å². The van der Waals surface area contributed by atoms with Crippen LogP contribution in [0.3, 0.4) is 0 Å². The number of benzene rings is 9. The Morgan fingerprint density at radius 1 is 0.277 bits per heavy atom. The zero-order valence-corrected chi connectivity index (χ0v) is 35.0. The van der Waals surface area contributed by atoms with Gasteiger partial charge in [-0.15, -0.1) is 0 Å². The van der Waals surface area contributed by atoms with E-state index in [9.17, 15) is 0 Å². The van der Waals surface area contributed by atoms with E-state index < -0.39 is 0 Å². The maximum Gasteiger partial charge on any atom is 0.240 e. The minimum absolute atomic E-state index is 0.516. The molecule has 13 aromatic rings. The molecule has 0 N–H and O–H groups in total. The predicted octanol–water partition coefficient (Wildman–Crippen LogP) is 14.1. The Kier molecular flexibility index (Phi) is 8.39. The van der Waals surface area contributed by atoms with E-state index in [0.717, 1.165) is 99.5 Å². The van der Waals surface area contributed by atoms with Crippen LogP contribution in [0.4, 0.5) is 0 Å². The minimum atomic E-state index is 0.516. The molecule has 0 fully saturated rings. The molecule has 0 amide bonds. The van der Waals surface area contributed by atoms with E-state index in [1.807, 2.05) is 12.1 Å². The van der Waals surface area contributed by atoms with Crippen LogP contribution in [0, 0.1) is 0 Å². The normalized spacial score (nSPS) is 11.7. The quantitative estimate of drug-likeness (QED) is 0.160. The van der Waals surface area contributed by atoms with Gasteiger partial charge in [-0.25, -0.2) is 4.98 Å². The molecule has 65 heavy (non-hydrogen) atoms. The summed E-state index contributed by atoms with van der Waals surface area (Å²) in [6.07, 6.45) is 0. The lowest BCUT2D eigenvalue weighted by molar-refractivity contribution is 0.892. The van der Waals surface area contributed by atoms with E-state index >= 15 is 0 Å². The lowest BCUT2D eigenvalue weighted by atomic mass is 10.0. The van der Waals surface area contributed by atoms with Crippen LogP contribution in [0.5, 0.6) is 0 Å². The van der Waals surface area contributed by atoms with Crippen LogP contribution < -0.4 is 0 Å². The summed E-state index contributed by atoms with van der Waals surface area (Å²) in [6.45, 7) is 0. The zero-order chi connectivity index (χ0) is 42.8. The van der Waals surface area contributed by atoms with Crippen LogP contribution in [0.1, 0.15) is 0 Å². The molecule has 0 saturated carbocycles. The molecule has 4 aromatic heterocycles. The summed E-state index contributed by atoms with van der Waals surface area (Å²) in [5, 5.41) is 4.47. The fraction of sp³-hybridized carbons (Fsp3) is 0. The van der Waals surface area contributed by atoms with Gasteiger partial charge in [-0.3, -0.25) is 13.7 Å². The molecule has 0 aliphatic rings. The highest BCUT2D eigenvalue weighted by molar-refractivity contribution is 6.11. The van der Waals surface area contributed by atoms with E-state index in [4.69, 9.17) is 19.9 Å². The Balaban J connectivity index is 1.11. The predicted molar refractivity (Wildman–Crippen MR) is 265 cm³/mol. The molecule has 0 radical (unpaired) electrons. The van der Waals surface area contributed by atoms with Crippen molar-refractivity contribution < 1.29 is 0 Å². The highest BCUT2D eigenvalue weighted by atomic mass is 15.3. The highest BCUT2D eigenvalue weighted by Crippen LogP contribution is 2.39. The number of para-hydroxylation sites is 5. The van der Waals surface area contributed by atoms with Gasteiger partial charge >= 0.3 is 0 Å². The zero-order valence-electron chi connectivity index (χ0n) is 35.0. The second-order valence-electron chi connectivity index (χ2n) is 16.3. The van der Waals surface area contributed by atoms with E-state index in [1.165, 1.54) is 0 Å². The van der Waals surface area contributed by atoms with Gasteiger partial charge in [-0.1, -0.05) is 164 Å². The molecule has 9 aromatic carbocycles. The van der Waals surface area contributed by atoms with Crippen molar-refractivity contribution >= 4 is 54.6 Å². The van der Waals surface area contributed by atoms with Gasteiger partial charge < -0.3 is 0 Å². The summed E-state index contributed by atoms with van der Waals surface area (Å²) >= 11 is 0. The van der Waals surface area contributed by atoms with Crippen molar-refractivity contribution in [3.05, 3.63) is 224 Å². The van der Waals surface area contributed by atoms with Gasteiger partial charge in [0.05, 0.1) is 33.1 Å². The molecule has 7 heteroatoms. The largest absolute Gasteiger partial charge is 0.292 e. The molecule has 4 heterocycles. The lowest BCUT2D eigenvalue weighted by Crippen LogP contribution is -2.10. The monoisotopic (exact) mass is 831 g/mol. The van der Waals surface area contributed by atoms with Gasteiger partial charge in [0.2, 0.25) is 11.9 Å². The fourth-order valence-electron chi connectivity index (χ4n) is 9.59. The molecule has 304 valence electrons. The first-order valence-corrected chi connectivity index (χ1v) is 21.8. The van der Waals surface area contributed by atoms with Crippen LogP contribution in [-0.4, -0.2) is 33.6 Å². The first kappa shape index (κ1) is 36.7. The molecule has 7 nitrogen and oxygen atoms in total. The molecule has 0 saturated heterocycles. The molecule has 0 atom stereocenters. The number of hydrogen-bond donors (Lipinski definition) is 0. The number of fused-ring (bicyclic) bond motifs is 7. The number of nitrogens with zero attached hydrogens (tertiary/aromatic N) is 7. The van der Waals surface area contributed by atoms with Crippen molar-refractivity contribution in [3.8, 4) is 62.6 Å². The summed E-state index contributed by atoms with van der Waals surface area (Å²) in [5.74, 6) is 2.36. The smallest absolute Gasteiger partial charge is 0.240 e. The third kappa shape index (κ3) is 5.98. The second kappa shape index (κ2) is 14.9. The van der Waals surface area contributed by atoms with Crippen molar-refractivity contribution in [1.29, 1.82) is 0 Å². The Morgan fingerprint density at radius 2 is 0.723 bits per heavy atom. The third-order valence-corrected chi connectivity index (χ3v) is 12.6. The molecule has 0 spiro atoms. The highest BCUT2D eigenvalue weighted by Gasteiger charge is 2.24. The topological polar surface area (TPSA) is 66.3 Å². The molecular formula is C58H37N7. The van der Waals surface area contributed by atoms with Crippen LogP contribution in [0.15, 0.2) is 224 Å². The van der Waals surface area contributed by atoms with Gasteiger partial charge in [0.15, 0.2) is 5.82 Å². The van der Waals surface area contributed by atoms with Crippen LogP contribution >= 0.6 is 0 Å². The van der Waals surface area contributed by atoms with E-state index in [-0.39, 0.29) is 0 Å². The van der Waals surface area contributed by atoms with E-state index in [0.29, 0.717) is 17.7 Å². The van der Waals surface area contributed by atoms with Gasteiger partial charge in [-0.2, -0.15) is 15.0 Å². The van der Waals surface area contributed by atoms with Gasteiger partial charge in [-0.05, 0) is 82.9 Å². The molecule has 13 rings (SSSR count). The first-order chi connectivity index (χ1) is 32.2. The van der Waals surface area contributed by atoms with Crippen molar-refractivity contribution in [2.75, 3.05) is 0 Å². The molecular weight excluding hydrogens is 795 g/mol. The Labute approximate surface area is 373 Å². The number of aromatic nitrogens is 7. The minimum Gasteiger partial charge on any atom is -0.292 e. The maximum absolute atomic E-state index is 5.49. The second-order valence-corrected chi connectivity index (χ2v) is 16.3. The van der Waals surface area contributed by atoms with Crippen molar-refractivity contribution in [1.82, 2.24) is 33.6 Å². The summed E-state index contributed by atoms with van der Waals surface area (Å²) in [6, 6.07) is 78.5. The maximum atomic E-state index is 5.49. The van der Waals surface area contributed by atoms with Crippen molar-refractivity contribution in [2.45, 2.75) is 0 Å². The first-order valence-electron chi connectivity index (χ1n) is 21.8. The lowest BCUT2D eigenvalue weighted by Gasteiger charge is -2.15. The molecule has 0 unspecified atom stereocenters. The van der Waals surface area contributed by atoms with Crippen molar-refractivity contribution in [2.24, 2.45) is 0 Å². The molecule has 0 aliphatic heterocycles. The van der Waals surface area contributed by atoms with Gasteiger partial charge in [0.1, 0.15) is 5.82 Å². The third-order valence-electron chi connectivity index (χ3n) is 12.6. The molecule has 0 bridgehead atoms. The van der Waals surface area contributed by atoms with Crippen LogP contribution in [-0.2, 0) is 0 Å². The van der Waals surface area contributed by atoms with E-state index in [1.54, 1.807) is 0 Å². The summed E-state index contributed by atoms with van der Waals surface area (Å²) in [7, 11) is 0. The Bertz CT molecular complexity index is 3760. The Hall–Kier alpha value is -8.94. The summed E-state index contributed by atoms with van der Waals surface area (Å²) in [4.78, 5) is 21.8. The number of imidazole rings is 1. The average molecular weight is 832 g/mol. The summed E-state index contributed by atoms with van der Waals surface area (Å²) in [5.41, 5.74) is 13.3. The standard InChI is InChI=1S/C58H37N7/c1-4-18-38(19-5-1)40-32-34-52-47(36-40)43-24-12-15-29-50(43)64(52)57-60-55(45-26-10-11-27-46(45)56-59-49-28-14-17-31-54(49)63(56)42-22-8-3-9-23-42)61-58(62-57)65-51-30-16-13-25-44(51)48-37-41(33-35-53(48)65)39-20-6-2-7-21-39/h1-37H. The molecule has 0 aliphatic carbocycles. The fourth-order valence-corrected chi connectivity index (χ4v) is 9.59. The average Bonchev–Trinajstić information content (AvgIpc) is 4.05. The Morgan fingerprint density at radius 3 is 1.29 bits per heavy atom. The van der Waals surface area contributed by atoms with Crippen LogP contribution in [0.2, 0.25) is 0 Å². The summed E-state index contributed by atoms with van der Waals surface area (Å²) < 4.78 is 6.61. The van der Waals surface area contributed by atoms with E-state index in [2.05, 4.69) is 226 Å². The number of hydrogen-bond acceptors (Lipinski definition) is 4. The van der Waals surface area contributed by atoms with Crippen LogP contribution in [0.25, 0.3) is 117 Å². The SMILES string of the molecule is c1ccc(-c2ccc3c(c2)c2ccccc2n3-c2nc(-c3ccccc3-c3nc4ccccc4n3-c3ccccc3)nc(-n3c4ccccc4c4cc(-c5ccccc5)ccc43)n2)cc1. The van der Waals surface area contributed by atoms with Gasteiger partial charge in [0.25, 0.3) is 0 Å².